The minimum atomic E-state index is -5.85. The topological polar surface area (TPSA) is 20.3 Å². The summed E-state index contributed by atoms with van der Waals surface area (Å²) in [6, 6.07) is 9.28. The van der Waals surface area contributed by atoms with E-state index in [1.54, 1.807) is 0 Å². The number of hydrogen-bond acceptors (Lipinski definition) is 1. The van der Waals surface area contributed by atoms with Crippen molar-refractivity contribution in [3.8, 4) is 0 Å². The van der Waals surface area contributed by atoms with E-state index in [0.717, 1.165) is 5.56 Å². The van der Waals surface area contributed by atoms with Gasteiger partial charge in [0.05, 0.1) is 0 Å². The summed E-state index contributed by atoms with van der Waals surface area (Å²) < 4.78 is 62.6. The first kappa shape index (κ1) is 15.7. The van der Waals surface area contributed by atoms with Crippen molar-refractivity contribution < 1.29 is 26.7 Å². The van der Waals surface area contributed by atoms with Gasteiger partial charge in [0.1, 0.15) is 0 Å². The Labute approximate surface area is 118 Å². The minimum absolute atomic E-state index is 0.0785. The molecular formula is C14H14F5NO. The van der Waals surface area contributed by atoms with Crippen molar-refractivity contribution in [3.63, 3.8) is 0 Å². The summed E-state index contributed by atoms with van der Waals surface area (Å²) in [6.45, 7) is -0.186. The summed E-state index contributed by atoms with van der Waals surface area (Å²) in [4.78, 5) is 12.0. The van der Waals surface area contributed by atoms with Crippen LogP contribution in [0.5, 0.6) is 0 Å². The van der Waals surface area contributed by atoms with Gasteiger partial charge in [-0.05, 0) is 24.3 Å². The predicted molar refractivity (Wildman–Crippen MR) is 66.0 cm³/mol. The average Bonchev–Trinajstić information content (AvgIpc) is 2.46. The molecule has 0 atom stereocenters. The fraction of sp³-hybridized carbons (Fsp3) is 0.500. The minimum Gasteiger partial charge on any atom is -0.337 e. The zero-order valence-electron chi connectivity index (χ0n) is 11.0. The highest BCUT2D eigenvalue weighted by molar-refractivity contribution is 5.84. The number of carbonyl (C=O) groups excluding carboxylic acids is 1. The second kappa shape index (κ2) is 5.61. The summed E-state index contributed by atoms with van der Waals surface area (Å²) in [7, 11) is 0. The maximum Gasteiger partial charge on any atom is 0.463 e. The molecule has 2 rings (SSSR count). The fourth-order valence-electron chi connectivity index (χ4n) is 2.46. The maximum atomic E-state index is 13.0. The number of halogens is 5. The SMILES string of the molecule is O=C(N1CCC(c2ccccc2)CC1)C(F)(F)C(F)(F)F. The van der Waals surface area contributed by atoms with E-state index in [-0.39, 0.29) is 19.0 Å². The van der Waals surface area contributed by atoms with Crippen LogP contribution in [0.3, 0.4) is 0 Å². The largest absolute Gasteiger partial charge is 0.463 e. The normalized spacial score (nSPS) is 17.9. The highest BCUT2D eigenvalue weighted by Gasteiger charge is 2.64. The first-order valence-corrected chi connectivity index (χ1v) is 6.52. The van der Waals surface area contributed by atoms with Gasteiger partial charge in [-0.25, -0.2) is 0 Å². The van der Waals surface area contributed by atoms with Crippen molar-refractivity contribution in [3.05, 3.63) is 35.9 Å². The Morgan fingerprint density at radius 2 is 1.52 bits per heavy atom. The van der Waals surface area contributed by atoms with Gasteiger partial charge in [0.15, 0.2) is 0 Å². The first-order chi connectivity index (χ1) is 9.73. The average molecular weight is 307 g/mol. The molecule has 1 aliphatic rings. The van der Waals surface area contributed by atoms with Crippen molar-refractivity contribution in [2.24, 2.45) is 0 Å². The number of hydrogen-bond donors (Lipinski definition) is 0. The Morgan fingerprint density at radius 1 is 1.00 bits per heavy atom. The molecule has 1 saturated heterocycles. The Bertz CT molecular complexity index is 492. The summed E-state index contributed by atoms with van der Waals surface area (Å²) in [5, 5.41) is 0. The second-order valence-electron chi connectivity index (χ2n) is 5.05. The van der Waals surface area contributed by atoms with E-state index < -0.39 is 18.0 Å². The van der Waals surface area contributed by atoms with Crippen LogP contribution in [0.2, 0.25) is 0 Å². The molecule has 1 amide bonds. The third-order valence-corrected chi connectivity index (χ3v) is 3.68. The van der Waals surface area contributed by atoms with Gasteiger partial charge < -0.3 is 4.90 Å². The van der Waals surface area contributed by atoms with Gasteiger partial charge in [0.2, 0.25) is 0 Å². The summed E-state index contributed by atoms with van der Waals surface area (Å²) in [5.74, 6) is -7.39. The van der Waals surface area contributed by atoms with Gasteiger partial charge in [-0.2, -0.15) is 22.0 Å². The first-order valence-electron chi connectivity index (χ1n) is 6.52. The number of benzene rings is 1. The number of nitrogens with zero attached hydrogens (tertiary/aromatic N) is 1. The zero-order valence-corrected chi connectivity index (χ0v) is 11.0. The van der Waals surface area contributed by atoms with E-state index >= 15 is 0 Å². The molecule has 7 heteroatoms. The van der Waals surface area contributed by atoms with E-state index in [4.69, 9.17) is 0 Å². The molecule has 0 radical (unpaired) electrons. The van der Waals surface area contributed by atoms with Gasteiger partial charge >= 0.3 is 18.0 Å². The lowest BCUT2D eigenvalue weighted by Crippen LogP contribution is -2.53. The van der Waals surface area contributed by atoms with E-state index in [1.165, 1.54) is 0 Å². The molecule has 0 spiro atoms. The Morgan fingerprint density at radius 3 is 2.00 bits per heavy atom. The molecule has 1 aliphatic heterocycles. The van der Waals surface area contributed by atoms with E-state index in [0.29, 0.717) is 17.7 Å². The molecule has 116 valence electrons. The molecule has 1 heterocycles. The van der Waals surface area contributed by atoms with Crippen molar-refractivity contribution in [2.45, 2.75) is 30.9 Å². The van der Waals surface area contributed by atoms with Crippen LogP contribution in [-0.4, -0.2) is 36.0 Å². The number of rotatable bonds is 2. The second-order valence-corrected chi connectivity index (χ2v) is 5.05. The zero-order chi connectivity index (χ0) is 15.7. The van der Waals surface area contributed by atoms with E-state index in [9.17, 15) is 26.7 Å². The molecule has 1 aromatic rings. The Balaban J connectivity index is 2.00. The van der Waals surface area contributed by atoms with Crippen molar-refractivity contribution >= 4 is 5.91 Å². The smallest absolute Gasteiger partial charge is 0.337 e. The number of likely N-dealkylation sites (tertiary alicyclic amines) is 1. The van der Waals surface area contributed by atoms with Crippen LogP contribution in [0.15, 0.2) is 30.3 Å². The summed E-state index contributed by atoms with van der Waals surface area (Å²) in [5.41, 5.74) is 1.01. The van der Waals surface area contributed by atoms with Gasteiger partial charge in [0, 0.05) is 13.1 Å². The van der Waals surface area contributed by atoms with Crippen LogP contribution in [0.25, 0.3) is 0 Å². The third kappa shape index (κ3) is 3.16. The molecule has 2 nitrogen and oxygen atoms in total. The van der Waals surface area contributed by atoms with Gasteiger partial charge in [-0.3, -0.25) is 4.79 Å². The van der Waals surface area contributed by atoms with Gasteiger partial charge in [-0.15, -0.1) is 0 Å². The van der Waals surface area contributed by atoms with Crippen molar-refractivity contribution in [1.29, 1.82) is 0 Å². The highest BCUT2D eigenvalue weighted by atomic mass is 19.4. The lowest BCUT2D eigenvalue weighted by Gasteiger charge is -2.34. The molecule has 1 aromatic carbocycles. The van der Waals surface area contributed by atoms with Crippen LogP contribution in [-0.2, 0) is 4.79 Å². The van der Waals surface area contributed by atoms with Gasteiger partial charge in [0.25, 0.3) is 0 Å². The Hall–Kier alpha value is -1.66. The van der Waals surface area contributed by atoms with Crippen LogP contribution in [0.1, 0.15) is 24.3 Å². The molecule has 0 aromatic heterocycles. The number of carbonyl (C=O) groups is 1. The molecule has 0 unspecified atom stereocenters. The maximum absolute atomic E-state index is 13.0. The molecule has 0 N–H and O–H groups in total. The summed E-state index contributed by atoms with van der Waals surface area (Å²) in [6.07, 6.45) is -5.09. The van der Waals surface area contributed by atoms with Crippen molar-refractivity contribution in [1.82, 2.24) is 4.90 Å². The molecule has 0 saturated carbocycles. The third-order valence-electron chi connectivity index (χ3n) is 3.68. The molecule has 0 bridgehead atoms. The van der Waals surface area contributed by atoms with Crippen LogP contribution >= 0.6 is 0 Å². The predicted octanol–water partition coefficient (Wildman–Crippen LogP) is 3.59. The standard InChI is InChI=1S/C14H14F5NO/c15-13(16,14(17,18)19)12(21)20-8-6-11(7-9-20)10-4-2-1-3-5-10/h1-5,11H,6-9H2. The van der Waals surface area contributed by atoms with Gasteiger partial charge in [-0.1, -0.05) is 30.3 Å². The number of amides is 1. The summed E-state index contributed by atoms with van der Waals surface area (Å²) >= 11 is 0. The van der Waals surface area contributed by atoms with Crippen LogP contribution < -0.4 is 0 Å². The molecule has 1 fully saturated rings. The molecule has 21 heavy (non-hydrogen) atoms. The number of alkyl halides is 5. The van der Waals surface area contributed by atoms with Crippen LogP contribution in [0.4, 0.5) is 22.0 Å². The van der Waals surface area contributed by atoms with E-state index in [2.05, 4.69) is 0 Å². The monoisotopic (exact) mass is 307 g/mol. The Kier molecular flexibility index (Phi) is 4.20. The van der Waals surface area contributed by atoms with E-state index in [1.807, 2.05) is 30.3 Å². The van der Waals surface area contributed by atoms with Crippen molar-refractivity contribution in [2.75, 3.05) is 13.1 Å². The lowest BCUT2D eigenvalue weighted by molar-refractivity contribution is -0.274. The highest BCUT2D eigenvalue weighted by Crippen LogP contribution is 2.38. The molecule has 0 aliphatic carbocycles. The fourth-order valence-corrected chi connectivity index (χ4v) is 2.46. The molecular weight excluding hydrogens is 293 g/mol. The number of piperidine rings is 1. The lowest BCUT2D eigenvalue weighted by atomic mass is 9.89. The quantitative estimate of drug-likeness (QED) is 0.765. The van der Waals surface area contributed by atoms with Crippen LogP contribution in [0, 0.1) is 0 Å².